The summed E-state index contributed by atoms with van der Waals surface area (Å²) in [6.07, 6.45) is 1.36. The molecule has 1 atom stereocenters. The molecule has 10 heavy (non-hydrogen) atoms. The van der Waals surface area contributed by atoms with Gasteiger partial charge in [-0.1, -0.05) is 19.0 Å². The lowest BCUT2D eigenvalue weighted by atomic mass is 10.1. The van der Waals surface area contributed by atoms with E-state index < -0.39 is 0 Å². The molecule has 4 heteroatoms. The monoisotopic (exact) mass is 141 g/mol. The molecule has 1 unspecified atom stereocenters. The maximum absolute atomic E-state index is 5.69. The maximum atomic E-state index is 5.69. The molecule has 56 valence electrons. The van der Waals surface area contributed by atoms with Gasteiger partial charge in [-0.2, -0.15) is 4.98 Å². The third kappa shape index (κ3) is 1.33. The van der Waals surface area contributed by atoms with Crippen molar-refractivity contribution >= 4 is 0 Å². The third-order valence-corrected chi connectivity index (χ3v) is 1.38. The first-order chi connectivity index (χ1) is 4.72. The van der Waals surface area contributed by atoms with Gasteiger partial charge in [0.2, 0.25) is 5.89 Å². The van der Waals surface area contributed by atoms with E-state index >= 15 is 0 Å². The Bertz CT molecular complexity index is 183. The Morgan fingerprint density at radius 1 is 1.60 bits per heavy atom. The van der Waals surface area contributed by atoms with Crippen LogP contribution in [0.5, 0.6) is 0 Å². The van der Waals surface area contributed by atoms with Crippen LogP contribution in [0.1, 0.15) is 25.8 Å². The van der Waals surface area contributed by atoms with Gasteiger partial charge in [-0.15, -0.1) is 0 Å². The Kier molecular flexibility index (Phi) is 2.01. The fourth-order valence-corrected chi connectivity index (χ4v) is 0.614. The second-order valence-electron chi connectivity index (χ2n) is 2.55. The topological polar surface area (TPSA) is 64.9 Å². The van der Waals surface area contributed by atoms with Crippen LogP contribution in [-0.2, 0) is 0 Å². The van der Waals surface area contributed by atoms with Gasteiger partial charge in [0.15, 0.2) is 6.33 Å². The number of rotatable bonds is 2. The lowest BCUT2D eigenvalue weighted by molar-refractivity contribution is 0.324. The van der Waals surface area contributed by atoms with E-state index in [0.717, 1.165) is 0 Å². The number of hydrogen-bond acceptors (Lipinski definition) is 4. The third-order valence-electron chi connectivity index (χ3n) is 1.38. The number of nitrogens with zero attached hydrogens (tertiary/aromatic N) is 2. The fourth-order valence-electron chi connectivity index (χ4n) is 0.614. The van der Waals surface area contributed by atoms with E-state index in [1.807, 2.05) is 13.8 Å². The molecule has 1 heterocycles. The van der Waals surface area contributed by atoms with Crippen molar-refractivity contribution in [1.82, 2.24) is 10.1 Å². The van der Waals surface area contributed by atoms with Crippen molar-refractivity contribution in [2.75, 3.05) is 0 Å². The van der Waals surface area contributed by atoms with Gasteiger partial charge in [0, 0.05) is 0 Å². The van der Waals surface area contributed by atoms with Gasteiger partial charge in [0.05, 0.1) is 6.04 Å². The summed E-state index contributed by atoms with van der Waals surface area (Å²) in [5.41, 5.74) is 5.69. The second kappa shape index (κ2) is 2.79. The number of aromatic nitrogens is 2. The normalized spacial score (nSPS) is 14.0. The molecule has 0 bridgehead atoms. The second-order valence-corrected chi connectivity index (χ2v) is 2.55. The van der Waals surface area contributed by atoms with Crippen LogP contribution in [0.15, 0.2) is 10.9 Å². The van der Waals surface area contributed by atoms with Crippen molar-refractivity contribution in [2.45, 2.75) is 19.9 Å². The molecule has 0 aliphatic rings. The minimum atomic E-state index is -0.137. The molecule has 0 spiro atoms. The molecular weight excluding hydrogens is 130 g/mol. The van der Waals surface area contributed by atoms with Crippen LogP contribution in [0.25, 0.3) is 0 Å². The lowest BCUT2D eigenvalue weighted by Gasteiger charge is -2.08. The molecule has 0 fully saturated rings. The van der Waals surface area contributed by atoms with Crippen LogP contribution in [0.2, 0.25) is 0 Å². The van der Waals surface area contributed by atoms with Gasteiger partial charge in [-0.3, -0.25) is 0 Å². The van der Waals surface area contributed by atoms with Crippen LogP contribution in [0.3, 0.4) is 0 Å². The van der Waals surface area contributed by atoms with Crippen LogP contribution >= 0.6 is 0 Å². The Hall–Kier alpha value is -0.900. The van der Waals surface area contributed by atoms with E-state index in [2.05, 4.69) is 10.1 Å². The van der Waals surface area contributed by atoms with Crippen molar-refractivity contribution < 1.29 is 4.52 Å². The van der Waals surface area contributed by atoms with Gasteiger partial charge >= 0.3 is 0 Å². The zero-order valence-corrected chi connectivity index (χ0v) is 6.11. The lowest BCUT2D eigenvalue weighted by Crippen LogP contribution is -2.16. The minimum absolute atomic E-state index is 0.137. The molecule has 0 aromatic carbocycles. The van der Waals surface area contributed by atoms with Gasteiger partial charge in [-0.05, 0) is 5.92 Å². The summed E-state index contributed by atoms with van der Waals surface area (Å²) in [5.74, 6) is 0.843. The van der Waals surface area contributed by atoms with E-state index in [-0.39, 0.29) is 6.04 Å². The summed E-state index contributed by atoms with van der Waals surface area (Å²) in [7, 11) is 0. The highest BCUT2D eigenvalue weighted by atomic mass is 16.5. The first-order valence-electron chi connectivity index (χ1n) is 3.24. The quantitative estimate of drug-likeness (QED) is 0.659. The average molecular weight is 141 g/mol. The van der Waals surface area contributed by atoms with Gasteiger partial charge in [0.25, 0.3) is 0 Å². The first kappa shape index (κ1) is 7.21. The average Bonchev–Trinajstić information content (AvgIpc) is 2.36. The molecule has 0 saturated heterocycles. The van der Waals surface area contributed by atoms with Crippen LogP contribution < -0.4 is 5.73 Å². The highest BCUT2D eigenvalue weighted by molar-refractivity contribution is 4.86. The van der Waals surface area contributed by atoms with Crippen LogP contribution in [-0.4, -0.2) is 10.1 Å². The Labute approximate surface area is 59.4 Å². The molecule has 1 aromatic rings. The van der Waals surface area contributed by atoms with Crippen molar-refractivity contribution in [3.63, 3.8) is 0 Å². The largest absolute Gasteiger partial charge is 0.338 e. The zero-order chi connectivity index (χ0) is 7.56. The van der Waals surface area contributed by atoms with E-state index in [0.29, 0.717) is 11.8 Å². The molecule has 0 aliphatic heterocycles. The first-order valence-corrected chi connectivity index (χ1v) is 3.24. The number of hydrogen-bond donors (Lipinski definition) is 1. The highest BCUT2D eigenvalue weighted by Crippen LogP contribution is 2.14. The van der Waals surface area contributed by atoms with E-state index in [1.54, 1.807) is 0 Å². The van der Waals surface area contributed by atoms with Crippen molar-refractivity contribution in [3.05, 3.63) is 12.2 Å². The summed E-state index contributed by atoms with van der Waals surface area (Å²) in [6, 6.07) is -0.137. The Balaban J connectivity index is 2.68. The molecule has 1 rings (SSSR count). The molecule has 4 nitrogen and oxygen atoms in total. The fraction of sp³-hybridized carbons (Fsp3) is 0.667. The van der Waals surface area contributed by atoms with E-state index in [4.69, 9.17) is 10.3 Å². The molecule has 1 aromatic heterocycles. The predicted molar refractivity (Wildman–Crippen MR) is 36.1 cm³/mol. The summed E-state index contributed by atoms with van der Waals surface area (Å²) < 4.78 is 4.77. The molecule has 0 amide bonds. The summed E-state index contributed by atoms with van der Waals surface area (Å²) >= 11 is 0. The predicted octanol–water partition coefficient (Wildman–Crippen LogP) is 0.725. The number of nitrogens with two attached hydrogens (primary N) is 1. The summed E-state index contributed by atoms with van der Waals surface area (Å²) in [4.78, 5) is 3.83. The Morgan fingerprint density at radius 3 is 2.70 bits per heavy atom. The van der Waals surface area contributed by atoms with Crippen LogP contribution in [0, 0.1) is 5.92 Å². The molecular formula is C6H11N3O. The van der Waals surface area contributed by atoms with E-state index in [9.17, 15) is 0 Å². The van der Waals surface area contributed by atoms with Gasteiger partial charge < -0.3 is 10.3 Å². The van der Waals surface area contributed by atoms with E-state index in [1.165, 1.54) is 6.33 Å². The highest BCUT2D eigenvalue weighted by Gasteiger charge is 2.14. The zero-order valence-electron chi connectivity index (χ0n) is 6.11. The minimum Gasteiger partial charge on any atom is -0.338 e. The Morgan fingerprint density at radius 2 is 2.30 bits per heavy atom. The summed E-state index contributed by atoms with van der Waals surface area (Å²) in [5, 5.41) is 3.46. The van der Waals surface area contributed by atoms with Gasteiger partial charge in [0.1, 0.15) is 0 Å². The van der Waals surface area contributed by atoms with Gasteiger partial charge in [-0.25, -0.2) is 0 Å². The van der Waals surface area contributed by atoms with Crippen molar-refractivity contribution in [1.29, 1.82) is 0 Å². The summed E-state index contributed by atoms with van der Waals surface area (Å²) in [6.45, 7) is 4.02. The molecule has 2 N–H and O–H groups in total. The maximum Gasteiger partial charge on any atom is 0.243 e. The smallest absolute Gasteiger partial charge is 0.243 e. The molecule has 0 aliphatic carbocycles. The molecule has 0 saturated carbocycles. The van der Waals surface area contributed by atoms with Crippen molar-refractivity contribution in [2.24, 2.45) is 11.7 Å². The van der Waals surface area contributed by atoms with Crippen LogP contribution in [0.4, 0.5) is 0 Å². The SMILES string of the molecule is CC(C)C(N)c1ncno1. The van der Waals surface area contributed by atoms with Crippen molar-refractivity contribution in [3.8, 4) is 0 Å². The standard InChI is InChI=1S/C6H11N3O/c1-4(2)5(7)6-8-3-9-10-6/h3-5H,7H2,1-2H3. The molecule has 0 radical (unpaired) electrons.